The average molecular weight is 1180 g/mol. The van der Waals surface area contributed by atoms with Gasteiger partial charge >= 0.3 is 31.7 Å². The number of pyridine rings is 2. The van der Waals surface area contributed by atoms with Crippen LogP contribution < -0.4 is 21.7 Å². The molecule has 2 aliphatic rings. The van der Waals surface area contributed by atoms with Gasteiger partial charge in [-0.1, -0.05) is 6.42 Å². The quantitative estimate of drug-likeness (QED) is 0.0164. The topological polar surface area (TPSA) is 402 Å². The summed E-state index contributed by atoms with van der Waals surface area (Å²) in [5, 5.41) is 59.8. The number of unbranched alkanes of at least 4 members (excludes halogenated alkanes) is 4. The zero-order valence-electron chi connectivity index (χ0n) is 44.3. The number of aliphatic hydroxyl groups is 1. The molecule has 440 valence electrons. The highest BCUT2D eigenvalue weighted by atomic mass is 32.1. The van der Waals surface area contributed by atoms with Crippen molar-refractivity contribution in [2.45, 2.75) is 89.2 Å². The van der Waals surface area contributed by atoms with Crippen molar-refractivity contribution in [1.82, 2.24) is 54.8 Å². The zero-order chi connectivity index (χ0) is 58.3. The highest BCUT2D eigenvalue weighted by molar-refractivity contribution is 7.80. The lowest BCUT2D eigenvalue weighted by molar-refractivity contribution is -0.144. The predicted molar refractivity (Wildman–Crippen MR) is 294 cm³/mol. The van der Waals surface area contributed by atoms with Gasteiger partial charge < -0.3 is 65.7 Å². The molecule has 6 aromatic heterocycles. The van der Waals surface area contributed by atoms with Crippen molar-refractivity contribution >= 4 is 72.0 Å². The molecule has 0 aliphatic carbocycles. The van der Waals surface area contributed by atoms with E-state index >= 15 is 0 Å². The van der Waals surface area contributed by atoms with Crippen LogP contribution in [0.15, 0.2) is 76.2 Å². The molecule has 8 rings (SSSR count). The maximum Gasteiger partial charge on any atom is 0.472 e. The van der Waals surface area contributed by atoms with Crippen LogP contribution in [0.3, 0.4) is 0 Å². The number of furan rings is 2. The minimum Gasteiger partial charge on any atom is -0.480 e. The van der Waals surface area contributed by atoms with Crippen LogP contribution in [0.1, 0.15) is 67.5 Å². The van der Waals surface area contributed by atoms with Crippen LogP contribution in [0.5, 0.6) is 0 Å². The number of hydrogen-bond acceptors (Lipinski definition) is 22. The standard InChI is InChI=1S/C51H64N13O16PS/c52-47-44-48(57-30-56-47)64(49-45(73)46-39(79-49)29-78-81(74,75)80-46)50(60-44)53-11-3-1-4-12-54-51(82)55-13-5-2-6-14-61(21-33-17-31(37-9-7-15-76-37)19-35(58-33)23-62(25-40(65)66)26-41(67)68)22-34-18-32(38-10-8-16-77-38)20-36(59-34)24-63(27-42(69)70)28-43(71)72/h7-10,15-20,30,39,45-46,49,73H,1-6,11-14,21-29H2,(H,53,60)(H,65,66)(H,67,68)(H,69,70)(H,71,72)(H,74,75)(H2,52,56,57)(H2,54,55,82)/t39-,45-,46?,49+/m0/s1. The van der Waals surface area contributed by atoms with Crippen LogP contribution in [-0.4, -0.2) is 181 Å². The number of phosphoric ester groups is 1. The number of nitrogens with zero attached hydrogens (tertiary/aromatic N) is 9. The zero-order valence-corrected chi connectivity index (χ0v) is 46.0. The molecule has 8 heterocycles. The molecule has 2 unspecified atom stereocenters. The van der Waals surface area contributed by atoms with Crippen molar-refractivity contribution < 1.29 is 76.8 Å². The number of carboxylic acids is 4. The first-order valence-corrected chi connectivity index (χ1v) is 28.1. The molecule has 31 heteroatoms. The summed E-state index contributed by atoms with van der Waals surface area (Å²) < 4.78 is 41.2. The largest absolute Gasteiger partial charge is 0.480 e. The molecule has 2 fully saturated rings. The Kier molecular flexibility index (Phi) is 21.0. The number of imidazole rings is 1. The number of nitrogens with two attached hydrogens (primary N) is 1. The Balaban J connectivity index is 0.868. The van der Waals surface area contributed by atoms with E-state index in [2.05, 4.69) is 35.8 Å². The van der Waals surface area contributed by atoms with E-state index < -0.39 is 82.4 Å². The van der Waals surface area contributed by atoms with Gasteiger partial charge in [-0.05, 0) is 99.4 Å². The summed E-state index contributed by atoms with van der Waals surface area (Å²) in [5.41, 5.74) is 9.95. The van der Waals surface area contributed by atoms with Crippen molar-refractivity contribution in [2.24, 2.45) is 0 Å². The van der Waals surface area contributed by atoms with Gasteiger partial charge in [-0.3, -0.25) is 57.5 Å². The van der Waals surface area contributed by atoms with Gasteiger partial charge in [0.25, 0.3) is 0 Å². The molecule has 2 aliphatic heterocycles. The Labute approximate surface area is 474 Å². The highest BCUT2D eigenvalue weighted by Crippen LogP contribution is 2.53. The van der Waals surface area contributed by atoms with Gasteiger partial charge in [0, 0.05) is 56.9 Å². The van der Waals surface area contributed by atoms with Gasteiger partial charge in [0.15, 0.2) is 28.3 Å². The van der Waals surface area contributed by atoms with E-state index in [0.717, 1.165) is 32.1 Å². The number of rotatable bonds is 32. The summed E-state index contributed by atoms with van der Waals surface area (Å²) in [7, 11) is -4.36. The first kappa shape index (κ1) is 60.6. The van der Waals surface area contributed by atoms with E-state index in [0.29, 0.717) is 89.1 Å². The third kappa shape index (κ3) is 17.3. The van der Waals surface area contributed by atoms with E-state index in [-0.39, 0.29) is 49.8 Å². The second-order valence-electron chi connectivity index (χ2n) is 19.6. The summed E-state index contributed by atoms with van der Waals surface area (Å²) in [5.74, 6) is -3.34. The monoisotopic (exact) mass is 1180 g/mol. The third-order valence-electron chi connectivity index (χ3n) is 13.0. The van der Waals surface area contributed by atoms with Crippen LogP contribution in [0.2, 0.25) is 0 Å². The molecule has 82 heavy (non-hydrogen) atoms. The first-order chi connectivity index (χ1) is 39.4. The summed E-state index contributed by atoms with van der Waals surface area (Å²) in [4.78, 5) is 84.1. The lowest BCUT2D eigenvalue weighted by Crippen LogP contribution is -2.39. The molecule has 11 N–H and O–H groups in total. The molecule has 0 saturated carbocycles. The molecule has 29 nitrogen and oxygen atoms in total. The van der Waals surface area contributed by atoms with Crippen molar-refractivity contribution in [3.05, 3.63) is 90.2 Å². The smallest absolute Gasteiger partial charge is 0.472 e. The number of nitrogen functional groups attached to an aromatic ring is 1. The number of carbonyl (C=O) groups is 4. The fraction of sp³-hybridized carbons (Fsp3) is 0.451. The summed E-state index contributed by atoms with van der Waals surface area (Å²) >= 11 is 5.58. The van der Waals surface area contributed by atoms with E-state index in [1.165, 1.54) is 33.2 Å². The van der Waals surface area contributed by atoms with E-state index in [9.17, 15) is 54.2 Å². The molecule has 0 spiro atoms. The Hall–Kier alpha value is -7.51. The Morgan fingerprint density at radius 3 is 1.71 bits per heavy atom. The number of aliphatic hydroxyl groups excluding tert-OH is 1. The number of nitrogens with one attached hydrogen (secondary N) is 3. The summed E-state index contributed by atoms with van der Waals surface area (Å²) in [6.45, 7) is 0.161. The Morgan fingerprint density at radius 2 is 1.21 bits per heavy atom. The minimum absolute atomic E-state index is 0.0833. The molecule has 6 aromatic rings. The Morgan fingerprint density at radius 1 is 0.707 bits per heavy atom. The van der Waals surface area contributed by atoms with Crippen molar-refractivity contribution in [3.8, 4) is 22.6 Å². The number of phosphoric acid groups is 1. The van der Waals surface area contributed by atoms with E-state index in [1.807, 2.05) is 12.1 Å². The van der Waals surface area contributed by atoms with Crippen molar-refractivity contribution in [3.63, 3.8) is 0 Å². The lowest BCUT2D eigenvalue weighted by atomic mass is 10.1. The minimum atomic E-state index is -4.36. The van der Waals surface area contributed by atoms with Gasteiger partial charge in [0.1, 0.15) is 36.2 Å². The number of thiocarbonyl (C=S) groups is 1. The van der Waals surface area contributed by atoms with Gasteiger partial charge in [-0.2, -0.15) is 0 Å². The Bertz CT molecular complexity index is 3050. The summed E-state index contributed by atoms with van der Waals surface area (Å²) in [6, 6.07) is 14.1. The summed E-state index contributed by atoms with van der Waals surface area (Å²) in [6.07, 6.45) is 4.47. The first-order valence-electron chi connectivity index (χ1n) is 26.2. The SMILES string of the molecule is Nc1ncnc2c1nc(NCCCCCNC(=S)NCCCCCN(Cc1cc(-c3ccco3)cc(CN(CC(=O)O)CC(=O)O)n1)Cc1cc(-c3ccco3)cc(CN(CC(=O)O)CC(=O)O)n1)n2[C@@H]1O[C@H]2COP(=O)(O)OC2[C@@H]1O. The predicted octanol–water partition coefficient (Wildman–Crippen LogP) is 3.35. The van der Waals surface area contributed by atoms with Gasteiger partial charge in [0.05, 0.1) is 68.1 Å². The fourth-order valence-electron chi connectivity index (χ4n) is 9.60. The molecule has 2 saturated heterocycles. The number of carboxylic acid groups (broad SMARTS) is 4. The molecule has 5 atom stereocenters. The van der Waals surface area contributed by atoms with Gasteiger partial charge in [0.2, 0.25) is 5.95 Å². The van der Waals surface area contributed by atoms with Crippen LogP contribution in [0.4, 0.5) is 11.8 Å². The molecule has 0 radical (unpaired) electrons. The van der Waals surface area contributed by atoms with Gasteiger partial charge in [-0.25, -0.2) is 19.5 Å². The van der Waals surface area contributed by atoms with Crippen molar-refractivity contribution in [2.75, 3.05) is 70.0 Å². The van der Waals surface area contributed by atoms with E-state index in [4.69, 9.17) is 50.5 Å². The highest BCUT2D eigenvalue weighted by Gasteiger charge is 2.53. The molecule has 0 aromatic carbocycles. The normalized spacial score (nSPS) is 18.7. The number of aromatic nitrogens is 6. The van der Waals surface area contributed by atoms with Gasteiger partial charge in [-0.15, -0.1) is 0 Å². The lowest BCUT2D eigenvalue weighted by Gasteiger charge is -2.27. The second kappa shape index (κ2) is 28.5. The van der Waals surface area contributed by atoms with Crippen LogP contribution in [-0.2, 0) is 63.7 Å². The number of hydrogen-bond donors (Lipinski definition) is 10. The second-order valence-corrected chi connectivity index (χ2v) is 21.4. The third-order valence-corrected chi connectivity index (χ3v) is 14.3. The maximum absolute atomic E-state index is 12.1. The fourth-order valence-corrected chi connectivity index (χ4v) is 10.8. The number of ether oxygens (including phenoxy) is 1. The molecular weight excluding hydrogens is 1110 g/mol. The van der Waals surface area contributed by atoms with Crippen LogP contribution in [0.25, 0.3) is 33.8 Å². The average Bonchev–Trinajstić information content (AvgIpc) is 4.45. The molecule has 0 amide bonds. The van der Waals surface area contributed by atoms with Crippen LogP contribution >= 0.6 is 20.0 Å². The van der Waals surface area contributed by atoms with Crippen molar-refractivity contribution in [1.29, 1.82) is 0 Å². The van der Waals surface area contributed by atoms with E-state index in [1.54, 1.807) is 36.4 Å². The molecule has 0 bridgehead atoms. The van der Waals surface area contributed by atoms with Crippen LogP contribution in [0, 0.1) is 0 Å². The maximum atomic E-state index is 12.1. The molecular formula is C51H64N13O16PS. The number of aliphatic carboxylic acids is 4. The number of fused-ring (bicyclic) bond motifs is 2. The number of anilines is 2.